The first-order chi connectivity index (χ1) is 16.3. The van der Waals surface area contributed by atoms with E-state index in [4.69, 9.17) is 14.9 Å². The Hall–Kier alpha value is -2.98. The number of fused-ring (bicyclic) bond motifs is 1. The number of hydrogen-bond acceptors (Lipinski definition) is 6. The molecule has 2 aliphatic rings. The highest BCUT2D eigenvalue weighted by atomic mass is 79.9. The number of carbonyl (C=O) groups is 1. The second kappa shape index (κ2) is 10.1. The summed E-state index contributed by atoms with van der Waals surface area (Å²) >= 11 is 4.80. The Kier molecular flexibility index (Phi) is 7.18. The van der Waals surface area contributed by atoms with E-state index in [0.717, 1.165) is 5.04 Å². The van der Waals surface area contributed by atoms with Gasteiger partial charge in [-0.25, -0.2) is 4.39 Å². The lowest BCUT2D eigenvalue weighted by atomic mass is 10.1. The monoisotopic (exact) mass is 544 g/mol. The van der Waals surface area contributed by atoms with Crippen LogP contribution < -0.4 is 9.47 Å². The zero-order chi connectivity index (χ0) is 24.4. The Balaban J connectivity index is 1.64. The summed E-state index contributed by atoms with van der Waals surface area (Å²) in [5.41, 5.74) is 1.15. The molecule has 0 fully saturated rings. The van der Waals surface area contributed by atoms with Crippen LogP contribution in [0.1, 0.15) is 31.9 Å². The molecule has 2 aromatic carbocycles. The molecular formula is C24H22BrFN4O3S. The molecule has 10 heteroatoms. The van der Waals surface area contributed by atoms with E-state index in [1.54, 1.807) is 36.4 Å². The minimum Gasteiger partial charge on any atom is -0.490 e. The fourth-order valence-electron chi connectivity index (χ4n) is 3.25. The lowest BCUT2D eigenvalue weighted by molar-refractivity contribution is -0.114. The van der Waals surface area contributed by atoms with Crippen LogP contribution in [0.3, 0.4) is 0 Å². The third-order valence-electron chi connectivity index (χ3n) is 4.94. The molecule has 2 aliphatic heterocycles. The van der Waals surface area contributed by atoms with Crippen molar-refractivity contribution in [2.24, 2.45) is 16.0 Å². The summed E-state index contributed by atoms with van der Waals surface area (Å²) in [7, 11) is 0. The molecule has 0 aliphatic carbocycles. The van der Waals surface area contributed by atoms with Gasteiger partial charge >= 0.3 is 0 Å². The van der Waals surface area contributed by atoms with Gasteiger partial charge in [0.1, 0.15) is 17.5 Å². The number of benzene rings is 2. The van der Waals surface area contributed by atoms with Gasteiger partial charge in [-0.3, -0.25) is 10.2 Å². The van der Waals surface area contributed by atoms with Gasteiger partial charge in [-0.05, 0) is 64.5 Å². The van der Waals surface area contributed by atoms with Crippen LogP contribution >= 0.6 is 27.7 Å². The average molecular weight is 545 g/mol. The van der Waals surface area contributed by atoms with E-state index in [9.17, 15) is 9.18 Å². The van der Waals surface area contributed by atoms with Crippen molar-refractivity contribution in [3.05, 3.63) is 63.4 Å². The second-order valence-corrected chi connectivity index (χ2v) is 9.60. The van der Waals surface area contributed by atoms with E-state index in [-0.39, 0.29) is 29.8 Å². The summed E-state index contributed by atoms with van der Waals surface area (Å²) in [5.74, 6) is 0.117. The zero-order valence-corrected chi connectivity index (χ0v) is 21.2. The smallest absolute Gasteiger partial charge is 0.283 e. The topological polar surface area (TPSA) is 87.3 Å². The fourth-order valence-corrected chi connectivity index (χ4v) is 4.71. The molecule has 2 aromatic rings. The van der Waals surface area contributed by atoms with Gasteiger partial charge in [0.05, 0.1) is 16.7 Å². The van der Waals surface area contributed by atoms with E-state index in [1.165, 1.54) is 22.8 Å². The first-order valence-electron chi connectivity index (χ1n) is 10.6. The van der Waals surface area contributed by atoms with Gasteiger partial charge in [0.2, 0.25) is 5.17 Å². The summed E-state index contributed by atoms with van der Waals surface area (Å²) in [6.07, 6.45) is 1.58. The molecule has 0 bridgehead atoms. The highest BCUT2D eigenvalue weighted by Crippen LogP contribution is 2.39. The minimum absolute atomic E-state index is 0.0230. The molecule has 1 N–H and O–H groups in total. The quantitative estimate of drug-likeness (QED) is 0.442. The number of amidine groups is 2. The second-order valence-electron chi connectivity index (χ2n) is 7.76. The van der Waals surface area contributed by atoms with Crippen molar-refractivity contribution < 1.29 is 18.7 Å². The van der Waals surface area contributed by atoms with Crippen molar-refractivity contribution in [3.63, 3.8) is 0 Å². The number of nitrogens with one attached hydrogen (secondary N) is 1. The van der Waals surface area contributed by atoms with E-state index in [1.807, 2.05) is 20.8 Å². The van der Waals surface area contributed by atoms with Gasteiger partial charge in [-0.2, -0.15) is 15.1 Å². The molecule has 34 heavy (non-hydrogen) atoms. The number of nitrogens with zero attached hydrogens (tertiary/aromatic N) is 3. The maximum absolute atomic E-state index is 14.0. The van der Waals surface area contributed by atoms with Crippen LogP contribution in [0.2, 0.25) is 0 Å². The van der Waals surface area contributed by atoms with Crippen molar-refractivity contribution >= 4 is 55.7 Å². The molecule has 0 unspecified atom stereocenters. The third-order valence-corrected chi connectivity index (χ3v) is 6.73. The number of hydrazone groups is 1. The third kappa shape index (κ3) is 4.92. The van der Waals surface area contributed by atoms with Crippen molar-refractivity contribution in [2.45, 2.75) is 27.4 Å². The Labute approximate surface area is 209 Å². The number of aliphatic imine (C=N–C) groups is 1. The maximum Gasteiger partial charge on any atom is 0.283 e. The lowest BCUT2D eigenvalue weighted by Crippen LogP contribution is -2.35. The van der Waals surface area contributed by atoms with E-state index in [0.29, 0.717) is 38.9 Å². The summed E-state index contributed by atoms with van der Waals surface area (Å²) in [6.45, 7) is 6.23. The predicted octanol–water partition coefficient (Wildman–Crippen LogP) is 5.84. The highest BCUT2D eigenvalue weighted by molar-refractivity contribution is 9.10. The van der Waals surface area contributed by atoms with Crippen LogP contribution in [0.4, 0.5) is 4.39 Å². The Morgan fingerprint density at radius 1 is 1.26 bits per heavy atom. The molecule has 1 amide bonds. The molecule has 176 valence electrons. The first kappa shape index (κ1) is 24.2. The molecule has 0 radical (unpaired) electrons. The van der Waals surface area contributed by atoms with Crippen molar-refractivity contribution in [1.82, 2.24) is 5.01 Å². The zero-order valence-electron chi connectivity index (χ0n) is 18.8. The standard InChI is InChI=1S/C24H22BrFN4O3S/c1-4-32-19-11-14(10-17(25)20(19)33-12-15-7-5-6-8-18(15)26)9-16-21(27)30-24(28-22(16)31)34-23(29-30)13(2)3/h5-11,13,27H,4,12H2,1-3H3/b16-9+,27-21?. The van der Waals surface area contributed by atoms with Gasteiger partial charge in [-0.15, -0.1) is 0 Å². The number of hydrogen-bond donors (Lipinski definition) is 1. The Bertz CT molecular complexity index is 1260. The summed E-state index contributed by atoms with van der Waals surface area (Å²) in [5, 5.41) is 15.5. The molecule has 0 saturated carbocycles. The molecule has 4 rings (SSSR count). The molecular weight excluding hydrogens is 523 g/mol. The van der Waals surface area contributed by atoms with Crippen molar-refractivity contribution in [2.75, 3.05) is 6.61 Å². The van der Waals surface area contributed by atoms with Crippen LogP contribution in [0.25, 0.3) is 6.08 Å². The lowest BCUT2D eigenvalue weighted by Gasteiger charge is -2.20. The largest absolute Gasteiger partial charge is 0.490 e. The van der Waals surface area contributed by atoms with Crippen LogP contribution in [0.15, 0.2) is 56.5 Å². The van der Waals surface area contributed by atoms with E-state index in [2.05, 4.69) is 26.0 Å². The number of carbonyl (C=O) groups excluding carboxylic acids is 1. The van der Waals surface area contributed by atoms with Crippen molar-refractivity contribution in [1.29, 1.82) is 5.41 Å². The number of rotatable bonds is 7. The molecule has 0 spiro atoms. The molecule has 7 nitrogen and oxygen atoms in total. The minimum atomic E-state index is -0.502. The molecule has 0 saturated heterocycles. The van der Waals surface area contributed by atoms with Crippen LogP contribution in [-0.4, -0.2) is 33.6 Å². The number of ether oxygens (including phenoxy) is 2. The van der Waals surface area contributed by atoms with Crippen LogP contribution in [-0.2, 0) is 11.4 Å². The predicted molar refractivity (Wildman–Crippen MR) is 136 cm³/mol. The summed E-state index contributed by atoms with van der Waals surface area (Å²) in [4.78, 5) is 16.8. The van der Waals surface area contributed by atoms with Gasteiger partial charge in [0, 0.05) is 11.5 Å². The number of thioether (sulfide) groups is 1. The van der Waals surface area contributed by atoms with Gasteiger partial charge in [-0.1, -0.05) is 32.0 Å². The SMILES string of the molecule is CCOc1cc(/C=C2\C(=N)N3N=C(C(C)C)SC3=NC2=O)cc(Br)c1OCc1ccccc1F. The Morgan fingerprint density at radius 2 is 2.03 bits per heavy atom. The van der Waals surface area contributed by atoms with E-state index < -0.39 is 5.91 Å². The average Bonchev–Trinajstić information content (AvgIpc) is 3.22. The van der Waals surface area contributed by atoms with Gasteiger partial charge in [0.25, 0.3) is 5.91 Å². The van der Waals surface area contributed by atoms with Gasteiger partial charge < -0.3 is 9.47 Å². The normalized spacial score (nSPS) is 16.6. The summed E-state index contributed by atoms with van der Waals surface area (Å²) < 4.78 is 26.2. The van der Waals surface area contributed by atoms with Crippen molar-refractivity contribution in [3.8, 4) is 11.5 Å². The molecule has 2 heterocycles. The summed E-state index contributed by atoms with van der Waals surface area (Å²) in [6, 6.07) is 9.85. The van der Waals surface area contributed by atoms with E-state index >= 15 is 0 Å². The Morgan fingerprint density at radius 3 is 2.74 bits per heavy atom. The van der Waals surface area contributed by atoms with Gasteiger partial charge in [0.15, 0.2) is 17.3 Å². The fraction of sp³-hybridized carbons (Fsp3) is 0.250. The van der Waals surface area contributed by atoms with Crippen LogP contribution in [0.5, 0.6) is 11.5 Å². The number of halogens is 2. The first-order valence-corrected chi connectivity index (χ1v) is 12.2. The van der Waals surface area contributed by atoms with Crippen LogP contribution in [0, 0.1) is 17.1 Å². The molecule has 0 atom stereocenters. The number of amides is 1. The maximum atomic E-state index is 14.0. The highest BCUT2D eigenvalue weighted by Gasteiger charge is 2.36. The molecule has 0 aromatic heterocycles.